The molecule has 1 aliphatic rings. The molecule has 1 N–H and O–H groups in total. The van der Waals surface area contributed by atoms with Gasteiger partial charge < -0.3 is 10.0 Å². The minimum absolute atomic E-state index is 0.0110. The molecule has 1 aromatic heterocycles. The van der Waals surface area contributed by atoms with E-state index in [-0.39, 0.29) is 30.7 Å². The van der Waals surface area contributed by atoms with Crippen LogP contribution < -0.4 is 0 Å². The van der Waals surface area contributed by atoms with E-state index in [2.05, 4.69) is 5.10 Å². The Morgan fingerprint density at radius 3 is 2.67 bits per heavy atom. The molecule has 1 amide bonds. The molecule has 2 rings (SSSR count). The van der Waals surface area contributed by atoms with Gasteiger partial charge in [0.2, 0.25) is 5.91 Å². The third-order valence-corrected chi connectivity index (χ3v) is 3.71. The SMILES string of the molecule is Cc1nn(CCC(=O)N(CCO)C2CC2)c(C)c1[N+](=O)[O-]. The summed E-state index contributed by atoms with van der Waals surface area (Å²) in [6.07, 6.45) is 2.20. The summed E-state index contributed by atoms with van der Waals surface area (Å²) in [5, 5.41) is 24.1. The molecule has 0 aromatic carbocycles. The molecule has 0 spiro atoms. The first-order valence-corrected chi connectivity index (χ1v) is 7.04. The fourth-order valence-corrected chi connectivity index (χ4v) is 2.52. The lowest BCUT2D eigenvalue weighted by atomic mass is 10.3. The number of aromatic nitrogens is 2. The number of carbonyl (C=O) groups is 1. The van der Waals surface area contributed by atoms with Gasteiger partial charge in [-0.05, 0) is 26.7 Å². The molecule has 1 fully saturated rings. The third kappa shape index (κ3) is 3.38. The fraction of sp³-hybridized carbons (Fsp3) is 0.692. The van der Waals surface area contributed by atoms with E-state index in [1.165, 1.54) is 4.68 Å². The molecular formula is C13H20N4O4. The number of nitro groups is 1. The Labute approximate surface area is 122 Å². The van der Waals surface area contributed by atoms with Crippen LogP contribution in [0.4, 0.5) is 5.69 Å². The Hall–Kier alpha value is -1.96. The zero-order valence-corrected chi connectivity index (χ0v) is 12.3. The van der Waals surface area contributed by atoms with Gasteiger partial charge in [0.15, 0.2) is 0 Å². The van der Waals surface area contributed by atoms with E-state index in [0.717, 1.165) is 12.8 Å². The first-order chi connectivity index (χ1) is 9.95. The fourth-order valence-electron chi connectivity index (χ4n) is 2.52. The molecule has 1 aliphatic carbocycles. The monoisotopic (exact) mass is 296 g/mol. The lowest BCUT2D eigenvalue weighted by molar-refractivity contribution is -0.386. The van der Waals surface area contributed by atoms with Crippen molar-refractivity contribution in [2.45, 2.75) is 45.7 Å². The molecule has 21 heavy (non-hydrogen) atoms. The molecule has 1 aromatic rings. The van der Waals surface area contributed by atoms with Crippen molar-refractivity contribution in [1.29, 1.82) is 0 Å². The van der Waals surface area contributed by atoms with Gasteiger partial charge in [-0.2, -0.15) is 5.10 Å². The highest BCUT2D eigenvalue weighted by Crippen LogP contribution is 2.27. The average molecular weight is 296 g/mol. The summed E-state index contributed by atoms with van der Waals surface area (Å²) >= 11 is 0. The van der Waals surface area contributed by atoms with Gasteiger partial charge in [-0.3, -0.25) is 19.6 Å². The molecule has 0 saturated heterocycles. The summed E-state index contributed by atoms with van der Waals surface area (Å²) in [6, 6.07) is 0.249. The quantitative estimate of drug-likeness (QED) is 0.592. The van der Waals surface area contributed by atoms with Gasteiger partial charge in [-0.25, -0.2) is 0 Å². The van der Waals surface area contributed by atoms with Crippen LogP contribution in [-0.4, -0.2) is 49.8 Å². The number of aliphatic hydroxyl groups is 1. The van der Waals surface area contributed by atoms with Gasteiger partial charge in [0.1, 0.15) is 11.4 Å². The van der Waals surface area contributed by atoms with Crippen LogP contribution in [0.25, 0.3) is 0 Å². The van der Waals surface area contributed by atoms with Crippen molar-refractivity contribution < 1.29 is 14.8 Å². The zero-order valence-electron chi connectivity index (χ0n) is 12.3. The summed E-state index contributed by atoms with van der Waals surface area (Å²) in [4.78, 5) is 24.3. The normalized spacial score (nSPS) is 14.2. The second kappa shape index (κ2) is 6.21. The van der Waals surface area contributed by atoms with E-state index in [4.69, 9.17) is 5.11 Å². The zero-order chi connectivity index (χ0) is 15.6. The van der Waals surface area contributed by atoms with Crippen LogP contribution in [0.2, 0.25) is 0 Å². The van der Waals surface area contributed by atoms with E-state index < -0.39 is 4.92 Å². The van der Waals surface area contributed by atoms with Crippen LogP contribution in [-0.2, 0) is 11.3 Å². The van der Waals surface area contributed by atoms with Crippen LogP contribution in [0, 0.1) is 24.0 Å². The molecule has 0 bridgehead atoms. The third-order valence-electron chi connectivity index (χ3n) is 3.71. The van der Waals surface area contributed by atoms with Crippen LogP contribution >= 0.6 is 0 Å². The number of rotatable bonds is 7. The van der Waals surface area contributed by atoms with Gasteiger partial charge in [0.05, 0.1) is 18.1 Å². The average Bonchev–Trinajstić information content (AvgIpc) is 3.20. The summed E-state index contributed by atoms with van der Waals surface area (Å²) in [5.74, 6) is -0.0400. The Morgan fingerprint density at radius 1 is 1.52 bits per heavy atom. The number of hydrogen-bond acceptors (Lipinski definition) is 5. The number of carbonyl (C=O) groups excluding carboxylic acids is 1. The summed E-state index contributed by atoms with van der Waals surface area (Å²) < 4.78 is 1.51. The van der Waals surface area contributed by atoms with Crippen LogP contribution in [0.5, 0.6) is 0 Å². The van der Waals surface area contributed by atoms with Gasteiger partial charge in [0, 0.05) is 19.0 Å². The predicted octanol–water partition coefficient (Wildman–Crippen LogP) is 0.782. The Kier molecular flexibility index (Phi) is 4.56. The minimum Gasteiger partial charge on any atom is -0.395 e. The molecule has 0 aliphatic heterocycles. The maximum atomic E-state index is 12.2. The van der Waals surface area contributed by atoms with Crippen molar-refractivity contribution in [3.63, 3.8) is 0 Å². The molecule has 8 nitrogen and oxygen atoms in total. The Bertz CT molecular complexity index is 551. The van der Waals surface area contributed by atoms with Crippen molar-refractivity contribution in [2.24, 2.45) is 0 Å². The summed E-state index contributed by atoms with van der Waals surface area (Å²) in [6.45, 7) is 3.84. The molecule has 1 saturated carbocycles. The van der Waals surface area contributed by atoms with E-state index in [1.807, 2.05) is 0 Å². The molecule has 0 atom stereocenters. The number of nitrogens with zero attached hydrogens (tertiary/aromatic N) is 4. The first kappa shape index (κ1) is 15.4. The maximum absolute atomic E-state index is 12.2. The predicted molar refractivity (Wildman–Crippen MR) is 74.8 cm³/mol. The second-order valence-electron chi connectivity index (χ2n) is 5.29. The van der Waals surface area contributed by atoms with Crippen molar-refractivity contribution in [3.05, 3.63) is 21.5 Å². The molecular weight excluding hydrogens is 276 g/mol. The number of aliphatic hydroxyl groups excluding tert-OH is 1. The van der Waals surface area contributed by atoms with Crippen molar-refractivity contribution in [2.75, 3.05) is 13.2 Å². The van der Waals surface area contributed by atoms with Gasteiger partial charge >= 0.3 is 5.69 Å². The Balaban J connectivity index is 2.01. The maximum Gasteiger partial charge on any atom is 0.312 e. The second-order valence-corrected chi connectivity index (χ2v) is 5.29. The largest absolute Gasteiger partial charge is 0.395 e. The molecule has 1 heterocycles. The number of hydrogen-bond donors (Lipinski definition) is 1. The highest BCUT2D eigenvalue weighted by molar-refractivity contribution is 5.76. The first-order valence-electron chi connectivity index (χ1n) is 7.04. The van der Waals surface area contributed by atoms with E-state index >= 15 is 0 Å². The molecule has 8 heteroatoms. The van der Waals surface area contributed by atoms with E-state index in [1.54, 1.807) is 18.7 Å². The Morgan fingerprint density at radius 2 is 2.19 bits per heavy atom. The van der Waals surface area contributed by atoms with Crippen molar-refractivity contribution in [1.82, 2.24) is 14.7 Å². The molecule has 0 unspecified atom stereocenters. The van der Waals surface area contributed by atoms with E-state index in [0.29, 0.717) is 24.5 Å². The summed E-state index contributed by atoms with van der Waals surface area (Å²) in [7, 11) is 0. The minimum atomic E-state index is -0.446. The smallest absolute Gasteiger partial charge is 0.312 e. The highest BCUT2D eigenvalue weighted by atomic mass is 16.6. The molecule has 0 radical (unpaired) electrons. The number of aryl methyl sites for hydroxylation is 2. The topological polar surface area (TPSA) is 102 Å². The van der Waals surface area contributed by atoms with Gasteiger partial charge in [-0.1, -0.05) is 0 Å². The van der Waals surface area contributed by atoms with Crippen LogP contribution in [0.15, 0.2) is 0 Å². The standard InChI is InChI=1S/C13H20N4O4/c1-9-13(17(20)21)10(2)16(14-9)6-5-12(19)15(7-8-18)11-3-4-11/h11,18H,3-8H2,1-2H3. The summed E-state index contributed by atoms with van der Waals surface area (Å²) in [5.41, 5.74) is 0.835. The molecule has 116 valence electrons. The van der Waals surface area contributed by atoms with Gasteiger partial charge in [-0.15, -0.1) is 0 Å². The highest BCUT2D eigenvalue weighted by Gasteiger charge is 2.32. The van der Waals surface area contributed by atoms with E-state index in [9.17, 15) is 14.9 Å². The van der Waals surface area contributed by atoms with Crippen LogP contribution in [0.1, 0.15) is 30.7 Å². The van der Waals surface area contributed by atoms with Crippen molar-refractivity contribution >= 4 is 11.6 Å². The lowest BCUT2D eigenvalue weighted by Crippen LogP contribution is -2.36. The van der Waals surface area contributed by atoms with Crippen molar-refractivity contribution in [3.8, 4) is 0 Å². The van der Waals surface area contributed by atoms with Gasteiger partial charge in [0.25, 0.3) is 0 Å². The van der Waals surface area contributed by atoms with Crippen LogP contribution in [0.3, 0.4) is 0 Å². The number of amides is 1. The lowest BCUT2D eigenvalue weighted by Gasteiger charge is -2.21.